The summed E-state index contributed by atoms with van der Waals surface area (Å²) < 4.78 is 13.4. The fourth-order valence-corrected chi connectivity index (χ4v) is 7.83. The number of hydrogen-bond donors (Lipinski definition) is 4. The van der Waals surface area contributed by atoms with Crippen molar-refractivity contribution in [2.45, 2.75) is 141 Å². The van der Waals surface area contributed by atoms with E-state index < -0.39 is 6.29 Å². The van der Waals surface area contributed by atoms with Crippen molar-refractivity contribution in [1.82, 2.24) is 15.5 Å². The predicted molar refractivity (Wildman–Crippen MR) is 194 cm³/mol. The quantitative estimate of drug-likeness (QED) is 0.182. The van der Waals surface area contributed by atoms with Crippen molar-refractivity contribution in [3.05, 3.63) is 65.2 Å². The Kier molecular flexibility index (Phi) is 13.5. The van der Waals surface area contributed by atoms with Crippen LogP contribution in [-0.4, -0.2) is 64.5 Å². The first-order valence-corrected chi connectivity index (χ1v) is 18.7. The van der Waals surface area contributed by atoms with E-state index in [1.54, 1.807) is 0 Å². The van der Waals surface area contributed by atoms with E-state index in [0.717, 1.165) is 55.2 Å². The van der Waals surface area contributed by atoms with Crippen LogP contribution >= 0.6 is 0 Å². The third-order valence-electron chi connectivity index (χ3n) is 10.2. The van der Waals surface area contributed by atoms with Crippen LogP contribution in [-0.2, 0) is 30.5 Å². The van der Waals surface area contributed by atoms with Crippen molar-refractivity contribution in [2.24, 2.45) is 5.92 Å². The van der Waals surface area contributed by atoms with Gasteiger partial charge in [-0.3, -0.25) is 19.3 Å². The summed E-state index contributed by atoms with van der Waals surface area (Å²) in [4.78, 5) is 40.1. The summed E-state index contributed by atoms with van der Waals surface area (Å²) in [6.45, 7) is 8.84. The number of nitrogens with one attached hydrogen (secondary N) is 3. The number of benzene rings is 2. The minimum atomic E-state index is -0.671. The Balaban J connectivity index is 1.33. The molecule has 3 fully saturated rings. The van der Waals surface area contributed by atoms with E-state index >= 15 is 0 Å². The summed E-state index contributed by atoms with van der Waals surface area (Å²) in [7, 11) is 0. The monoisotopic (exact) mass is 690 g/mol. The fraction of sp³-hybridized carbons (Fsp3) is 0.625. The van der Waals surface area contributed by atoms with Gasteiger partial charge in [-0.2, -0.15) is 0 Å². The number of nitrogens with zero attached hydrogens (tertiary/aromatic N) is 1. The molecular weight excluding hydrogens is 632 g/mol. The molecule has 2 aromatic rings. The maximum absolute atomic E-state index is 13.7. The lowest BCUT2D eigenvalue weighted by atomic mass is 9.75. The molecule has 10 nitrogen and oxygen atoms in total. The second kappa shape index (κ2) is 17.8. The van der Waals surface area contributed by atoms with Crippen LogP contribution in [0.3, 0.4) is 0 Å². The molecule has 0 radical (unpaired) electrons. The smallest absolute Gasteiger partial charge is 0.237 e. The Bertz CT molecular complexity index is 1430. The van der Waals surface area contributed by atoms with Crippen LogP contribution in [0.15, 0.2) is 48.5 Å². The van der Waals surface area contributed by atoms with Crippen LogP contribution in [0.1, 0.15) is 127 Å². The van der Waals surface area contributed by atoms with Gasteiger partial charge in [0, 0.05) is 55.7 Å². The third kappa shape index (κ3) is 10.8. The normalized spacial score (nSPS) is 25.7. The number of aliphatic hydroxyl groups is 1. The van der Waals surface area contributed by atoms with Gasteiger partial charge in [0.25, 0.3) is 0 Å². The number of carbonyl (C=O) groups is 3. The van der Waals surface area contributed by atoms with E-state index in [0.29, 0.717) is 43.6 Å². The molecule has 5 rings (SSSR count). The lowest BCUT2D eigenvalue weighted by Gasteiger charge is -2.50. The number of fused-ring (bicyclic) bond motifs is 1. The molecule has 0 unspecified atom stereocenters. The molecule has 2 heterocycles. The van der Waals surface area contributed by atoms with Crippen molar-refractivity contribution in [1.29, 1.82) is 0 Å². The van der Waals surface area contributed by atoms with E-state index in [1.165, 1.54) is 26.2 Å². The standard InChI is InChI=1S/C40H58N4O6/c1-27(46)41-22-9-5-6-15-37(47)42-32-13-10-12-31(23-32)39-49-33(24-36(50-39)30-18-16-28(26-45)17-19-30)25-44-34-14-8-7-11-29(34)20-21-35(44)38(48)43-40(2,3)4/h10,12-13,16-19,23,29,33-36,39,45H,5-9,11,14-15,20-22,24-26H2,1-4H3,(H,41,46)(H,42,47)(H,43,48)/t29-,33+,34-,35-,36-,39-/m1/s1. The van der Waals surface area contributed by atoms with Crippen molar-refractivity contribution < 1.29 is 29.0 Å². The minimum absolute atomic E-state index is 0.0225. The zero-order chi connectivity index (χ0) is 35.7. The Morgan fingerprint density at radius 1 is 0.920 bits per heavy atom. The van der Waals surface area contributed by atoms with Gasteiger partial charge in [0.05, 0.1) is 24.9 Å². The topological polar surface area (TPSA) is 129 Å². The number of ether oxygens (including phenoxy) is 2. The summed E-state index contributed by atoms with van der Waals surface area (Å²) >= 11 is 0. The molecule has 2 saturated heterocycles. The van der Waals surface area contributed by atoms with Crippen LogP contribution in [0.25, 0.3) is 0 Å². The second-order valence-electron chi connectivity index (χ2n) is 15.5. The summed E-state index contributed by atoms with van der Waals surface area (Å²) in [6, 6.07) is 15.7. The number of likely N-dealkylation sites (tertiary alicyclic amines) is 1. The van der Waals surface area contributed by atoms with Crippen molar-refractivity contribution in [3.8, 4) is 0 Å². The Morgan fingerprint density at radius 2 is 1.70 bits per heavy atom. The van der Waals surface area contributed by atoms with Gasteiger partial charge in [0.1, 0.15) is 0 Å². The molecular formula is C40H58N4O6. The first-order valence-electron chi connectivity index (χ1n) is 18.7. The molecule has 50 heavy (non-hydrogen) atoms. The molecule has 1 saturated carbocycles. The highest BCUT2D eigenvalue weighted by molar-refractivity contribution is 5.90. The lowest BCUT2D eigenvalue weighted by molar-refractivity contribution is -0.255. The third-order valence-corrected chi connectivity index (χ3v) is 10.2. The summed E-state index contributed by atoms with van der Waals surface area (Å²) in [5.41, 5.74) is 3.04. The molecule has 10 heteroatoms. The Hall–Kier alpha value is -3.31. The van der Waals surface area contributed by atoms with E-state index in [-0.39, 0.29) is 48.1 Å². The number of piperidine rings is 1. The second-order valence-corrected chi connectivity index (χ2v) is 15.5. The number of hydrogen-bond acceptors (Lipinski definition) is 7. The fourth-order valence-electron chi connectivity index (χ4n) is 7.83. The van der Waals surface area contributed by atoms with Gasteiger partial charge in [-0.05, 0) is 88.5 Å². The molecule has 3 amide bonds. The van der Waals surface area contributed by atoms with Gasteiger partial charge >= 0.3 is 0 Å². The highest BCUT2D eigenvalue weighted by Crippen LogP contribution is 2.42. The first kappa shape index (κ1) is 37.9. The highest BCUT2D eigenvalue weighted by Gasteiger charge is 2.44. The number of rotatable bonds is 13. The molecule has 3 aliphatic rings. The first-order chi connectivity index (χ1) is 24.0. The van der Waals surface area contributed by atoms with Gasteiger partial charge in [0.2, 0.25) is 17.7 Å². The van der Waals surface area contributed by atoms with E-state index in [4.69, 9.17) is 9.47 Å². The van der Waals surface area contributed by atoms with Crippen LogP contribution in [0.2, 0.25) is 0 Å². The summed E-state index contributed by atoms with van der Waals surface area (Å²) in [6.07, 6.45) is 9.01. The molecule has 0 aromatic heterocycles. The number of amides is 3. The zero-order valence-electron chi connectivity index (χ0n) is 30.4. The molecule has 0 bridgehead atoms. The molecule has 2 aliphatic heterocycles. The molecule has 1 aliphatic carbocycles. The van der Waals surface area contributed by atoms with E-state index in [9.17, 15) is 19.5 Å². The van der Waals surface area contributed by atoms with Gasteiger partial charge in [0.15, 0.2) is 6.29 Å². The maximum atomic E-state index is 13.7. The van der Waals surface area contributed by atoms with Crippen LogP contribution < -0.4 is 16.0 Å². The molecule has 274 valence electrons. The average Bonchev–Trinajstić information content (AvgIpc) is 3.09. The average molecular weight is 691 g/mol. The molecule has 6 atom stereocenters. The van der Waals surface area contributed by atoms with Crippen molar-refractivity contribution >= 4 is 23.4 Å². The van der Waals surface area contributed by atoms with Gasteiger partial charge in [-0.25, -0.2) is 0 Å². The van der Waals surface area contributed by atoms with Crippen LogP contribution in [0, 0.1) is 5.92 Å². The summed E-state index contributed by atoms with van der Waals surface area (Å²) in [5, 5.41) is 18.7. The van der Waals surface area contributed by atoms with Gasteiger partial charge in [-0.15, -0.1) is 0 Å². The minimum Gasteiger partial charge on any atom is -0.392 e. The van der Waals surface area contributed by atoms with Gasteiger partial charge < -0.3 is 30.5 Å². The molecule has 2 aromatic carbocycles. The zero-order valence-corrected chi connectivity index (χ0v) is 30.4. The lowest BCUT2D eigenvalue weighted by Crippen LogP contribution is -2.61. The molecule has 4 N–H and O–H groups in total. The summed E-state index contributed by atoms with van der Waals surface area (Å²) in [5.74, 6) is 0.594. The Labute approximate surface area is 298 Å². The SMILES string of the molecule is CC(=O)NCCCCCC(=O)Nc1cccc([C@@H]2O[C@H](CN3[C@@H](C(=O)NC(C)(C)C)CC[C@H]4CCCC[C@H]43)C[C@H](c3ccc(CO)cc3)O2)c1. The van der Waals surface area contributed by atoms with Crippen LogP contribution in [0.5, 0.6) is 0 Å². The highest BCUT2D eigenvalue weighted by atomic mass is 16.7. The van der Waals surface area contributed by atoms with E-state index in [2.05, 4.69) is 20.9 Å². The van der Waals surface area contributed by atoms with Crippen molar-refractivity contribution in [3.63, 3.8) is 0 Å². The number of aliphatic hydroxyl groups excluding tert-OH is 1. The van der Waals surface area contributed by atoms with Crippen molar-refractivity contribution in [2.75, 3.05) is 18.4 Å². The maximum Gasteiger partial charge on any atom is 0.237 e. The molecule has 0 spiro atoms. The van der Waals surface area contributed by atoms with Gasteiger partial charge in [-0.1, -0.05) is 55.7 Å². The Morgan fingerprint density at radius 3 is 2.44 bits per heavy atom. The predicted octanol–water partition coefficient (Wildman–Crippen LogP) is 6.30. The number of unbranched alkanes of at least 4 members (excludes halogenated alkanes) is 2. The number of anilines is 1. The number of carbonyl (C=O) groups excluding carboxylic acids is 3. The van der Waals surface area contributed by atoms with E-state index in [1.807, 2.05) is 69.3 Å². The van der Waals surface area contributed by atoms with Crippen LogP contribution in [0.4, 0.5) is 5.69 Å². The largest absolute Gasteiger partial charge is 0.392 e.